The first-order valence-corrected chi connectivity index (χ1v) is 9.95. The van der Waals surface area contributed by atoms with E-state index in [4.69, 9.17) is 0 Å². The van der Waals surface area contributed by atoms with Crippen LogP contribution in [0.5, 0.6) is 0 Å². The van der Waals surface area contributed by atoms with Crippen molar-refractivity contribution in [2.45, 2.75) is 44.7 Å². The molecule has 2 N–H and O–H groups in total. The third kappa shape index (κ3) is 4.97. The maximum absolute atomic E-state index is 12.5. The van der Waals surface area contributed by atoms with Crippen LogP contribution in [0.25, 0.3) is 0 Å². The van der Waals surface area contributed by atoms with Crippen molar-refractivity contribution in [2.24, 2.45) is 10.9 Å². The normalized spacial score (nSPS) is 21.6. The average molecular weight is 407 g/mol. The highest BCUT2D eigenvalue weighted by Gasteiger charge is 2.32. The molecule has 0 radical (unpaired) electrons. The summed E-state index contributed by atoms with van der Waals surface area (Å²) in [6, 6.07) is 8.51. The molecule has 1 aromatic carbocycles. The number of hydrogen-bond acceptors (Lipinski definition) is 2. The SMILES string of the molecule is CN=C(NCc1cccc(Br)c1)NC1CCN(C(=O)C2CCCC2)C1. The number of carbonyl (C=O) groups is 1. The number of aliphatic imine (C=N–C) groups is 1. The van der Waals surface area contributed by atoms with Gasteiger partial charge in [0.2, 0.25) is 5.91 Å². The lowest BCUT2D eigenvalue weighted by Crippen LogP contribution is -2.45. The Kier molecular flexibility index (Phi) is 6.34. The monoisotopic (exact) mass is 406 g/mol. The topological polar surface area (TPSA) is 56.7 Å². The number of nitrogens with zero attached hydrogens (tertiary/aromatic N) is 2. The van der Waals surface area contributed by atoms with Gasteiger partial charge in [0.15, 0.2) is 5.96 Å². The van der Waals surface area contributed by atoms with Crippen LogP contribution in [0.2, 0.25) is 0 Å². The summed E-state index contributed by atoms with van der Waals surface area (Å²) >= 11 is 3.49. The molecule has 1 aliphatic carbocycles. The van der Waals surface area contributed by atoms with Gasteiger partial charge in [0.25, 0.3) is 0 Å². The molecule has 136 valence electrons. The summed E-state index contributed by atoms with van der Waals surface area (Å²) in [6.45, 7) is 2.36. The molecule has 5 nitrogen and oxygen atoms in total. The van der Waals surface area contributed by atoms with Gasteiger partial charge in [0, 0.05) is 43.1 Å². The lowest BCUT2D eigenvalue weighted by atomic mass is 10.1. The van der Waals surface area contributed by atoms with Gasteiger partial charge >= 0.3 is 0 Å². The summed E-state index contributed by atoms with van der Waals surface area (Å²) in [5, 5.41) is 6.81. The van der Waals surface area contributed by atoms with E-state index in [0.717, 1.165) is 49.3 Å². The Morgan fingerprint density at radius 2 is 2.12 bits per heavy atom. The molecule has 1 atom stereocenters. The maximum Gasteiger partial charge on any atom is 0.225 e. The Hall–Kier alpha value is -1.56. The van der Waals surface area contributed by atoms with Crippen LogP contribution >= 0.6 is 15.9 Å². The number of rotatable bonds is 4. The standard InChI is InChI=1S/C19H27BrN4O/c1-21-19(22-12-14-5-4-8-16(20)11-14)23-17-9-10-24(13-17)18(25)15-6-2-3-7-15/h4-5,8,11,15,17H,2-3,6-7,9-10,12-13H2,1H3,(H2,21,22,23). The van der Waals surface area contributed by atoms with Crippen LogP contribution in [0.4, 0.5) is 0 Å². The molecule has 2 aliphatic rings. The Morgan fingerprint density at radius 3 is 2.84 bits per heavy atom. The zero-order chi connectivity index (χ0) is 17.6. The van der Waals surface area contributed by atoms with Gasteiger partial charge in [0.05, 0.1) is 0 Å². The zero-order valence-electron chi connectivity index (χ0n) is 14.8. The molecular formula is C19H27BrN4O. The molecule has 25 heavy (non-hydrogen) atoms. The highest BCUT2D eigenvalue weighted by atomic mass is 79.9. The molecular weight excluding hydrogens is 380 g/mol. The second kappa shape index (κ2) is 8.70. The van der Waals surface area contributed by atoms with E-state index in [2.05, 4.69) is 43.7 Å². The third-order valence-electron chi connectivity index (χ3n) is 5.12. The second-order valence-electron chi connectivity index (χ2n) is 6.95. The number of guanidine groups is 1. The van der Waals surface area contributed by atoms with E-state index in [1.54, 1.807) is 7.05 Å². The number of hydrogen-bond donors (Lipinski definition) is 2. The van der Waals surface area contributed by atoms with E-state index in [0.29, 0.717) is 5.91 Å². The van der Waals surface area contributed by atoms with Gasteiger partial charge < -0.3 is 15.5 Å². The van der Waals surface area contributed by atoms with Crippen molar-refractivity contribution < 1.29 is 4.79 Å². The van der Waals surface area contributed by atoms with Crippen LogP contribution in [0.1, 0.15) is 37.7 Å². The highest BCUT2D eigenvalue weighted by molar-refractivity contribution is 9.10. The number of benzene rings is 1. The molecule has 1 aliphatic heterocycles. The molecule has 2 fully saturated rings. The molecule has 0 bridgehead atoms. The van der Waals surface area contributed by atoms with Gasteiger partial charge in [-0.1, -0.05) is 40.9 Å². The van der Waals surface area contributed by atoms with E-state index < -0.39 is 0 Å². The van der Waals surface area contributed by atoms with E-state index >= 15 is 0 Å². The Labute approximate surface area is 158 Å². The highest BCUT2D eigenvalue weighted by Crippen LogP contribution is 2.27. The predicted molar refractivity (Wildman–Crippen MR) is 104 cm³/mol. The predicted octanol–water partition coefficient (Wildman–Crippen LogP) is 2.91. The quantitative estimate of drug-likeness (QED) is 0.596. The van der Waals surface area contributed by atoms with Crippen molar-refractivity contribution in [1.29, 1.82) is 0 Å². The first kappa shape index (κ1) is 18.2. The minimum atomic E-state index is 0.271. The van der Waals surface area contributed by atoms with E-state index in [1.165, 1.54) is 18.4 Å². The fourth-order valence-electron chi connectivity index (χ4n) is 3.73. The van der Waals surface area contributed by atoms with Gasteiger partial charge in [-0.2, -0.15) is 0 Å². The number of nitrogens with one attached hydrogen (secondary N) is 2. The smallest absolute Gasteiger partial charge is 0.225 e. The summed E-state index contributed by atoms with van der Waals surface area (Å²) in [5.41, 5.74) is 1.20. The van der Waals surface area contributed by atoms with Crippen LogP contribution in [0.3, 0.4) is 0 Å². The van der Waals surface area contributed by atoms with Crippen LogP contribution in [-0.4, -0.2) is 42.9 Å². The van der Waals surface area contributed by atoms with Crippen molar-refractivity contribution in [3.05, 3.63) is 34.3 Å². The first-order valence-electron chi connectivity index (χ1n) is 9.16. The minimum absolute atomic E-state index is 0.271. The lowest BCUT2D eigenvalue weighted by Gasteiger charge is -2.21. The number of likely N-dealkylation sites (tertiary alicyclic amines) is 1. The van der Waals surface area contributed by atoms with Crippen molar-refractivity contribution in [3.63, 3.8) is 0 Å². The summed E-state index contributed by atoms with van der Waals surface area (Å²) in [6.07, 6.45) is 5.54. The second-order valence-corrected chi connectivity index (χ2v) is 7.87. The fourth-order valence-corrected chi connectivity index (χ4v) is 4.18. The van der Waals surface area contributed by atoms with E-state index in [1.807, 2.05) is 17.0 Å². The molecule has 1 saturated heterocycles. The van der Waals surface area contributed by atoms with Crippen molar-refractivity contribution in [1.82, 2.24) is 15.5 Å². The zero-order valence-corrected chi connectivity index (χ0v) is 16.4. The Bertz CT molecular complexity index is 628. The van der Waals surface area contributed by atoms with Crippen LogP contribution in [-0.2, 0) is 11.3 Å². The largest absolute Gasteiger partial charge is 0.352 e. The molecule has 1 aromatic rings. The fraction of sp³-hybridized carbons (Fsp3) is 0.579. The van der Waals surface area contributed by atoms with Crippen molar-refractivity contribution >= 4 is 27.8 Å². The summed E-state index contributed by atoms with van der Waals surface area (Å²) in [7, 11) is 1.78. The van der Waals surface area contributed by atoms with E-state index in [-0.39, 0.29) is 12.0 Å². The third-order valence-corrected chi connectivity index (χ3v) is 5.61. The molecule has 6 heteroatoms. The van der Waals surface area contributed by atoms with Gasteiger partial charge in [-0.15, -0.1) is 0 Å². The number of amides is 1. The summed E-state index contributed by atoms with van der Waals surface area (Å²) < 4.78 is 1.08. The minimum Gasteiger partial charge on any atom is -0.352 e. The van der Waals surface area contributed by atoms with Gasteiger partial charge in [-0.3, -0.25) is 9.79 Å². The van der Waals surface area contributed by atoms with Gasteiger partial charge in [-0.25, -0.2) is 0 Å². The summed E-state index contributed by atoms with van der Waals surface area (Å²) in [5.74, 6) is 1.42. The molecule has 1 heterocycles. The first-order chi connectivity index (χ1) is 12.2. The van der Waals surface area contributed by atoms with Crippen molar-refractivity contribution in [3.8, 4) is 0 Å². The van der Waals surface area contributed by atoms with Crippen LogP contribution < -0.4 is 10.6 Å². The van der Waals surface area contributed by atoms with Crippen LogP contribution in [0, 0.1) is 5.92 Å². The molecule has 0 spiro atoms. The Morgan fingerprint density at radius 1 is 1.32 bits per heavy atom. The van der Waals surface area contributed by atoms with Gasteiger partial charge in [0.1, 0.15) is 0 Å². The van der Waals surface area contributed by atoms with Crippen molar-refractivity contribution in [2.75, 3.05) is 20.1 Å². The molecule has 1 saturated carbocycles. The molecule has 1 unspecified atom stereocenters. The summed E-state index contributed by atoms with van der Waals surface area (Å²) in [4.78, 5) is 18.9. The lowest BCUT2D eigenvalue weighted by molar-refractivity contribution is -0.134. The molecule has 0 aromatic heterocycles. The number of halogens is 1. The maximum atomic E-state index is 12.5. The molecule has 1 amide bonds. The van der Waals surface area contributed by atoms with Crippen LogP contribution in [0.15, 0.2) is 33.7 Å². The Balaban J connectivity index is 1.47. The van der Waals surface area contributed by atoms with E-state index in [9.17, 15) is 4.79 Å². The average Bonchev–Trinajstić information content (AvgIpc) is 3.30. The number of carbonyl (C=O) groups excluding carboxylic acids is 1. The molecule has 3 rings (SSSR count). The van der Waals surface area contributed by atoms with Gasteiger partial charge in [-0.05, 0) is 37.0 Å².